The molecule has 0 aliphatic rings. The lowest BCUT2D eigenvalue weighted by Crippen LogP contribution is -2.46. The molecule has 0 amide bonds. The molecular formula is C10H8F6N2O. The van der Waals surface area contributed by atoms with Crippen LogP contribution in [0.2, 0.25) is 0 Å². The minimum absolute atomic E-state index is 0.346. The minimum atomic E-state index is -5.62. The molecule has 106 valence electrons. The molecule has 0 atom stereocenters. The number of nitrogens with one attached hydrogen (secondary N) is 1. The van der Waals surface area contributed by atoms with Crippen LogP contribution in [0.3, 0.4) is 0 Å². The van der Waals surface area contributed by atoms with E-state index in [1.165, 1.54) is 12.1 Å². The van der Waals surface area contributed by atoms with E-state index in [4.69, 9.17) is 11.1 Å². The van der Waals surface area contributed by atoms with Crippen LogP contribution in [0.25, 0.3) is 0 Å². The number of hydrogen-bond acceptors (Lipinski definition) is 2. The molecule has 0 aliphatic heterocycles. The molecule has 0 saturated carbocycles. The van der Waals surface area contributed by atoms with Crippen LogP contribution < -0.4 is 10.5 Å². The lowest BCUT2D eigenvalue weighted by Gasteiger charge is -2.24. The van der Waals surface area contributed by atoms with E-state index >= 15 is 0 Å². The third-order valence-electron chi connectivity index (χ3n) is 2.02. The van der Waals surface area contributed by atoms with E-state index in [2.05, 4.69) is 4.74 Å². The predicted octanol–water partition coefficient (Wildman–Crippen LogP) is 2.84. The molecule has 1 aromatic rings. The second-order valence-corrected chi connectivity index (χ2v) is 3.49. The maximum atomic E-state index is 12.3. The highest BCUT2D eigenvalue weighted by molar-refractivity contribution is 5.97. The molecule has 0 fully saturated rings. The van der Waals surface area contributed by atoms with Crippen LogP contribution in [0, 0.1) is 5.41 Å². The van der Waals surface area contributed by atoms with Gasteiger partial charge in [-0.3, -0.25) is 5.41 Å². The summed E-state index contributed by atoms with van der Waals surface area (Å²) in [4.78, 5) is 0. The van der Waals surface area contributed by atoms with Gasteiger partial charge >= 0.3 is 12.4 Å². The van der Waals surface area contributed by atoms with Crippen LogP contribution in [-0.2, 0) is 0 Å². The van der Waals surface area contributed by atoms with Gasteiger partial charge in [-0.1, -0.05) is 12.1 Å². The van der Waals surface area contributed by atoms with E-state index in [0.717, 1.165) is 12.1 Å². The van der Waals surface area contributed by atoms with Gasteiger partial charge in [-0.25, -0.2) is 0 Å². The number of hydrogen-bond donors (Lipinski definition) is 2. The first kappa shape index (κ1) is 15.1. The van der Waals surface area contributed by atoms with Gasteiger partial charge in [0.1, 0.15) is 11.6 Å². The third-order valence-corrected chi connectivity index (χ3v) is 2.02. The van der Waals surface area contributed by atoms with E-state index in [0.29, 0.717) is 0 Å². The molecule has 0 spiro atoms. The Hall–Kier alpha value is -1.93. The van der Waals surface area contributed by atoms with Gasteiger partial charge in [0.15, 0.2) is 0 Å². The highest BCUT2D eigenvalue weighted by atomic mass is 19.4. The zero-order chi connectivity index (χ0) is 14.8. The van der Waals surface area contributed by atoms with E-state index in [-0.39, 0.29) is 5.56 Å². The molecule has 0 heterocycles. The maximum absolute atomic E-state index is 12.3. The van der Waals surface area contributed by atoms with Crippen molar-refractivity contribution in [3.8, 4) is 5.75 Å². The van der Waals surface area contributed by atoms with Gasteiger partial charge in [-0.2, -0.15) is 26.3 Å². The fourth-order valence-corrected chi connectivity index (χ4v) is 1.24. The number of halogens is 6. The number of benzene rings is 1. The molecule has 0 bridgehead atoms. The van der Waals surface area contributed by atoms with Crippen molar-refractivity contribution in [1.82, 2.24) is 0 Å². The van der Waals surface area contributed by atoms with Crippen molar-refractivity contribution < 1.29 is 31.1 Å². The molecule has 0 saturated heterocycles. The van der Waals surface area contributed by atoms with Gasteiger partial charge in [0.05, 0.1) is 5.56 Å². The average Bonchev–Trinajstić information content (AvgIpc) is 2.23. The van der Waals surface area contributed by atoms with Crippen LogP contribution in [0.4, 0.5) is 26.3 Å². The summed E-state index contributed by atoms with van der Waals surface area (Å²) in [5, 5.41) is 7.07. The first-order valence-corrected chi connectivity index (χ1v) is 4.77. The van der Waals surface area contributed by atoms with Crippen LogP contribution in [-0.4, -0.2) is 24.3 Å². The number of amidine groups is 1. The van der Waals surface area contributed by atoms with Crippen LogP contribution >= 0.6 is 0 Å². The molecule has 0 unspecified atom stereocenters. The van der Waals surface area contributed by atoms with Gasteiger partial charge in [-0.15, -0.1) is 0 Å². The topological polar surface area (TPSA) is 59.1 Å². The van der Waals surface area contributed by atoms with Crippen molar-refractivity contribution in [3.05, 3.63) is 29.8 Å². The molecule has 3 N–H and O–H groups in total. The van der Waals surface area contributed by atoms with Crippen molar-refractivity contribution in [2.45, 2.75) is 18.5 Å². The Labute approximate surface area is 103 Å². The summed E-state index contributed by atoms with van der Waals surface area (Å²) in [5.74, 6) is -1.45. The number of alkyl halides is 6. The Morgan fingerprint density at radius 3 is 1.95 bits per heavy atom. The quantitative estimate of drug-likeness (QED) is 0.510. The van der Waals surface area contributed by atoms with E-state index in [9.17, 15) is 26.3 Å². The third kappa shape index (κ3) is 3.76. The largest absolute Gasteiger partial charge is 0.471 e. The summed E-state index contributed by atoms with van der Waals surface area (Å²) >= 11 is 0. The lowest BCUT2D eigenvalue weighted by atomic mass is 10.2. The molecule has 3 nitrogen and oxygen atoms in total. The molecule has 0 radical (unpaired) electrons. The average molecular weight is 286 g/mol. The molecule has 1 aromatic carbocycles. The van der Waals surface area contributed by atoms with Crippen LogP contribution in [0.15, 0.2) is 24.3 Å². The van der Waals surface area contributed by atoms with Crippen molar-refractivity contribution in [3.63, 3.8) is 0 Å². The number of rotatable bonds is 3. The predicted molar refractivity (Wildman–Crippen MR) is 54.0 cm³/mol. The van der Waals surface area contributed by atoms with E-state index < -0.39 is 30.0 Å². The van der Waals surface area contributed by atoms with Gasteiger partial charge in [0.2, 0.25) is 0 Å². The summed E-state index contributed by atoms with van der Waals surface area (Å²) in [6.07, 6.45) is -15.2. The smallest absolute Gasteiger partial charge is 0.434 e. The lowest BCUT2D eigenvalue weighted by molar-refractivity contribution is -0.299. The second-order valence-electron chi connectivity index (χ2n) is 3.49. The molecule has 9 heteroatoms. The summed E-state index contributed by atoms with van der Waals surface area (Å²) in [6, 6.07) is 4.44. The van der Waals surface area contributed by atoms with E-state index in [1.807, 2.05) is 0 Å². The summed E-state index contributed by atoms with van der Waals surface area (Å²) in [6.45, 7) is 0. The fraction of sp³-hybridized carbons (Fsp3) is 0.300. The van der Waals surface area contributed by atoms with Gasteiger partial charge < -0.3 is 10.5 Å². The molecule has 0 aromatic heterocycles. The van der Waals surface area contributed by atoms with Crippen molar-refractivity contribution in [2.24, 2.45) is 5.73 Å². The monoisotopic (exact) mass is 286 g/mol. The van der Waals surface area contributed by atoms with E-state index in [1.54, 1.807) is 0 Å². The second kappa shape index (κ2) is 4.98. The minimum Gasteiger partial charge on any atom is -0.471 e. The standard InChI is InChI=1S/C10H8F6N2O/c11-9(12,13)8(10(14,15)16)19-6-4-2-1-3-5(6)7(17)18/h1-4,8H,(H3,17,18). The summed E-state index contributed by atoms with van der Waals surface area (Å²) in [7, 11) is 0. The Kier molecular flexibility index (Phi) is 3.97. The Bertz CT molecular complexity index is 454. The summed E-state index contributed by atoms with van der Waals surface area (Å²) in [5.41, 5.74) is 4.70. The van der Waals surface area contributed by atoms with Crippen LogP contribution in [0.5, 0.6) is 5.75 Å². The van der Waals surface area contributed by atoms with Crippen LogP contribution in [0.1, 0.15) is 5.56 Å². The zero-order valence-electron chi connectivity index (χ0n) is 9.14. The van der Waals surface area contributed by atoms with Gasteiger partial charge in [-0.05, 0) is 12.1 Å². The number of para-hydroxylation sites is 1. The Balaban J connectivity index is 3.15. The normalized spacial score (nSPS) is 12.6. The first-order valence-electron chi connectivity index (χ1n) is 4.77. The van der Waals surface area contributed by atoms with Gasteiger partial charge in [0.25, 0.3) is 6.10 Å². The molecular weight excluding hydrogens is 278 g/mol. The Morgan fingerprint density at radius 1 is 1.05 bits per heavy atom. The highest BCUT2D eigenvalue weighted by Crippen LogP contribution is 2.37. The Morgan fingerprint density at radius 2 is 1.53 bits per heavy atom. The maximum Gasteiger partial charge on any atom is 0.434 e. The number of nitrogens with two attached hydrogens (primary N) is 1. The first-order chi connectivity index (χ1) is 8.53. The molecule has 19 heavy (non-hydrogen) atoms. The molecule has 0 aliphatic carbocycles. The zero-order valence-corrected chi connectivity index (χ0v) is 9.14. The van der Waals surface area contributed by atoms with Gasteiger partial charge in [0, 0.05) is 0 Å². The number of ether oxygens (including phenoxy) is 1. The fourth-order valence-electron chi connectivity index (χ4n) is 1.24. The summed E-state index contributed by atoms with van der Waals surface area (Å²) < 4.78 is 77.8. The number of nitrogen functional groups attached to an aromatic ring is 1. The van der Waals surface area contributed by atoms with Crippen molar-refractivity contribution in [2.75, 3.05) is 0 Å². The molecule has 1 rings (SSSR count). The highest BCUT2D eigenvalue weighted by Gasteiger charge is 2.59. The van der Waals surface area contributed by atoms with Crippen molar-refractivity contribution >= 4 is 5.84 Å². The SMILES string of the molecule is N=C(N)c1ccccc1OC(C(F)(F)F)C(F)(F)F. The van der Waals surface area contributed by atoms with Crippen molar-refractivity contribution in [1.29, 1.82) is 5.41 Å².